The van der Waals surface area contributed by atoms with Gasteiger partial charge in [0.2, 0.25) is 0 Å². The summed E-state index contributed by atoms with van der Waals surface area (Å²) in [6.07, 6.45) is 12.7. The molecule has 0 aliphatic carbocycles. The van der Waals surface area contributed by atoms with Gasteiger partial charge in [-0.15, -0.1) is 0 Å². The average molecular weight is 640 g/mol. The molecule has 3 heteroatoms. The van der Waals surface area contributed by atoms with Gasteiger partial charge in [0.15, 0.2) is 0 Å². The first-order chi connectivity index (χ1) is 18.2. The molecule has 0 aliphatic heterocycles. The number of hydrogen-bond acceptors (Lipinski definition) is 1. The molecule has 210 valence electrons. The molecule has 0 saturated carbocycles. The molecule has 2 aromatic rings. The Balaban J connectivity index is 2.67. The van der Waals surface area contributed by atoms with Crippen molar-refractivity contribution in [3.8, 4) is 0 Å². The molecular formula is C35H56OSiSn. The van der Waals surface area contributed by atoms with Gasteiger partial charge in [0.1, 0.15) is 0 Å². The normalized spacial score (nSPS) is 14.5. The summed E-state index contributed by atoms with van der Waals surface area (Å²) < 4.78 is 14.9. The molecule has 0 spiro atoms. The van der Waals surface area contributed by atoms with Crippen molar-refractivity contribution in [1.82, 2.24) is 0 Å². The van der Waals surface area contributed by atoms with Crippen LogP contribution in [0.2, 0.25) is 18.3 Å². The summed E-state index contributed by atoms with van der Waals surface area (Å²) in [6, 6.07) is 22.2. The maximum atomic E-state index is 7.65. The zero-order valence-electron chi connectivity index (χ0n) is 25.6. The Hall–Kier alpha value is -1.10. The van der Waals surface area contributed by atoms with Gasteiger partial charge < -0.3 is 0 Å². The SMILES string of the molecule is C=C[C@@H](C)[C@H](/C=[CH]\[Sn]([CH2]CCC)([CH2]CCC)[CH2]CCC)O[Si](c1ccccc1)(c1ccccc1)C(C)(C)C. The molecule has 0 unspecified atom stereocenters. The maximum absolute atomic E-state index is 7.65. The van der Waals surface area contributed by atoms with Crippen LogP contribution in [0.15, 0.2) is 83.5 Å². The molecule has 0 fully saturated rings. The zero-order chi connectivity index (χ0) is 28.1. The molecule has 2 aromatic carbocycles. The topological polar surface area (TPSA) is 9.23 Å². The predicted octanol–water partition coefficient (Wildman–Crippen LogP) is 9.70. The molecule has 0 saturated heterocycles. The molecule has 2 atom stereocenters. The third kappa shape index (κ3) is 8.70. The van der Waals surface area contributed by atoms with Gasteiger partial charge in [0, 0.05) is 0 Å². The molecule has 0 heterocycles. The molecule has 0 N–H and O–H groups in total. The first kappa shape index (κ1) is 33.1. The van der Waals surface area contributed by atoms with Crippen molar-refractivity contribution >= 4 is 37.1 Å². The Morgan fingerprint density at radius 1 is 0.789 bits per heavy atom. The summed E-state index contributed by atoms with van der Waals surface area (Å²) in [7, 11) is -2.64. The standard InChI is InChI=1S/C23H29OSi.3C4H9.Sn/c1-7-19(3)22(8-2)24-25(23(4,5)6,20-15-11-9-12-16-20)21-17-13-10-14-18-21;3*1-3-4-2;/h2,7-19,22H,1H2,3-6H3;3*1,3-4H2,2H3;/t19-,22+;;;;/m1..../s1. The molecule has 38 heavy (non-hydrogen) atoms. The number of hydrogen-bond donors (Lipinski definition) is 0. The summed E-state index contributed by atoms with van der Waals surface area (Å²) in [5.41, 5.74) is 0. The van der Waals surface area contributed by atoms with Crippen LogP contribution < -0.4 is 10.4 Å². The van der Waals surface area contributed by atoms with Gasteiger partial charge in [0.05, 0.1) is 0 Å². The minimum absolute atomic E-state index is 0.0276. The summed E-state index contributed by atoms with van der Waals surface area (Å²) in [5.74, 6) is 0.250. The van der Waals surface area contributed by atoms with Crippen molar-refractivity contribution in [3.05, 3.63) is 83.5 Å². The van der Waals surface area contributed by atoms with Crippen LogP contribution in [0.3, 0.4) is 0 Å². The van der Waals surface area contributed by atoms with Crippen molar-refractivity contribution in [2.24, 2.45) is 5.92 Å². The Morgan fingerprint density at radius 3 is 1.55 bits per heavy atom. The predicted molar refractivity (Wildman–Crippen MR) is 176 cm³/mol. The van der Waals surface area contributed by atoms with Crippen LogP contribution in [0.1, 0.15) is 87.0 Å². The second-order valence-electron chi connectivity index (χ2n) is 12.4. The Labute approximate surface area is 241 Å². The van der Waals surface area contributed by atoms with Gasteiger partial charge in [-0.2, -0.15) is 0 Å². The van der Waals surface area contributed by atoms with Crippen LogP contribution in [-0.4, -0.2) is 32.8 Å². The molecule has 0 amide bonds. The number of unbranched alkanes of at least 4 members (excludes halogenated alkanes) is 3. The number of benzene rings is 2. The van der Waals surface area contributed by atoms with E-state index in [4.69, 9.17) is 4.43 Å². The molecule has 2 rings (SSSR count). The Kier molecular flexibility index (Phi) is 14.1. The fraction of sp³-hybridized carbons (Fsp3) is 0.543. The van der Waals surface area contributed by atoms with Gasteiger partial charge in [-0.25, -0.2) is 0 Å². The van der Waals surface area contributed by atoms with E-state index >= 15 is 0 Å². The Bertz CT molecular complexity index is 886. The molecule has 0 aromatic heterocycles. The van der Waals surface area contributed by atoms with Gasteiger partial charge in [0.25, 0.3) is 0 Å². The third-order valence-corrected chi connectivity index (χ3v) is 27.5. The number of rotatable bonds is 17. The van der Waals surface area contributed by atoms with Crippen LogP contribution in [-0.2, 0) is 4.43 Å². The first-order valence-corrected chi connectivity index (χ1v) is 24.9. The van der Waals surface area contributed by atoms with E-state index in [9.17, 15) is 0 Å². The second-order valence-corrected chi connectivity index (χ2v) is 29.6. The van der Waals surface area contributed by atoms with Gasteiger partial charge >= 0.3 is 242 Å². The van der Waals surface area contributed by atoms with E-state index in [0.717, 1.165) is 0 Å². The van der Waals surface area contributed by atoms with Crippen molar-refractivity contribution in [2.45, 2.75) is 111 Å². The minimum atomic E-state index is -2.64. The van der Waals surface area contributed by atoms with E-state index < -0.39 is 26.7 Å². The summed E-state index contributed by atoms with van der Waals surface area (Å²) >= 11 is -2.46. The van der Waals surface area contributed by atoms with E-state index in [1.54, 1.807) is 0 Å². The quantitative estimate of drug-likeness (QED) is 0.124. The summed E-state index contributed by atoms with van der Waals surface area (Å²) in [4.78, 5) is 0. The second kappa shape index (κ2) is 16.2. The van der Waals surface area contributed by atoms with E-state index in [-0.39, 0.29) is 17.1 Å². The van der Waals surface area contributed by atoms with E-state index in [0.29, 0.717) is 0 Å². The van der Waals surface area contributed by atoms with Crippen molar-refractivity contribution < 1.29 is 4.43 Å². The first-order valence-electron chi connectivity index (χ1n) is 15.3. The molecule has 1 nitrogen and oxygen atoms in total. The Morgan fingerprint density at radius 2 is 1.21 bits per heavy atom. The monoisotopic (exact) mass is 640 g/mol. The molecular weight excluding hydrogens is 583 g/mol. The fourth-order valence-corrected chi connectivity index (χ4v) is 24.9. The van der Waals surface area contributed by atoms with Gasteiger partial charge in [-0.1, -0.05) is 0 Å². The van der Waals surface area contributed by atoms with Crippen molar-refractivity contribution in [1.29, 1.82) is 0 Å². The van der Waals surface area contributed by atoms with Gasteiger partial charge in [-0.3, -0.25) is 0 Å². The van der Waals surface area contributed by atoms with Crippen LogP contribution in [0.4, 0.5) is 0 Å². The van der Waals surface area contributed by atoms with Crippen LogP contribution in [0.25, 0.3) is 0 Å². The molecule has 0 aliphatic rings. The fourth-order valence-electron chi connectivity index (χ4n) is 5.86. The van der Waals surface area contributed by atoms with E-state index in [1.807, 2.05) is 0 Å². The zero-order valence-corrected chi connectivity index (χ0v) is 29.5. The summed E-state index contributed by atoms with van der Waals surface area (Å²) in [5, 5.41) is 2.67. The molecule has 0 bridgehead atoms. The van der Waals surface area contributed by atoms with Crippen LogP contribution >= 0.6 is 0 Å². The molecule has 0 radical (unpaired) electrons. The van der Waals surface area contributed by atoms with E-state index in [1.165, 1.54) is 62.2 Å². The van der Waals surface area contributed by atoms with Crippen molar-refractivity contribution in [2.75, 3.05) is 0 Å². The van der Waals surface area contributed by atoms with Crippen molar-refractivity contribution in [3.63, 3.8) is 0 Å². The van der Waals surface area contributed by atoms with Gasteiger partial charge in [-0.05, 0) is 0 Å². The summed E-state index contributed by atoms with van der Waals surface area (Å²) in [6.45, 7) is 20.7. The van der Waals surface area contributed by atoms with Crippen LogP contribution in [0, 0.1) is 5.92 Å². The third-order valence-electron chi connectivity index (χ3n) is 8.34. The average Bonchev–Trinajstić information content (AvgIpc) is 2.93. The van der Waals surface area contributed by atoms with Crippen LogP contribution in [0.5, 0.6) is 0 Å². The van der Waals surface area contributed by atoms with E-state index in [2.05, 4.69) is 132 Å².